The molecule has 0 aliphatic carbocycles. The summed E-state index contributed by atoms with van der Waals surface area (Å²) >= 11 is 6.06. The number of methoxy groups -OCH3 is 1. The van der Waals surface area contributed by atoms with Crippen LogP contribution in [0.5, 0.6) is 11.5 Å². The van der Waals surface area contributed by atoms with Crippen molar-refractivity contribution in [2.24, 2.45) is 10.9 Å². The van der Waals surface area contributed by atoms with Gasteiger partial charge in [0, 0.05) is 16.8 Å². The molecule has 1 aliphatic heterocycles. The van der Waals surface area contributed by atoms with Crippen LogP contribution in [0.25, 0.3) is 0 Å². The average Bonchev–Trinajstić information content (AvgIpc) is 2.37. The number of carbonyl (C=O) groups is 2. The standard InChI is InChI=1S/C13H13ClN2O5/c1-5-10(12(18)19)11(16-13(20)15-5)6-3-9(21-2)8(17)4-7(6)14/h3-4,10-11,17H,1-2H3,(H,16,20)(H,18,19). The number of urea groups is 1. The molecule has 1 heterocycles. The Hall–Kier alpha value is -2.28. The van der Waals surface area contributed by atoms with Gasteiger partial charge in [-0.3, -0.25) is 4.79 Å². The maximum Gasteiger partial charge on any atom is 0.341 e. The van der Waals surface area contributed by atoms with E-state index in [9.17, 15) is 19.8 Å². The summed E-state index contributed by atoms with van der Waals surface area (Å²) in [5.41, 5.74) is 0.515. The van der Waals surface area contributed by atoms with Crippen LogP contribution in [0.2, 0.25) is 5.02 Å². The molecule has 1 aromatic carbocycles. The number of carboxylic acid groups (broad SMARTS) is 1. The van der Waals surface area contributed by atoms with Crippen LogP contribution in [0.3, 0.4) is 0 Å². The van der Waals surface area contributed by atoms with Crippen LogP contribution in [0.15, 0.2) is 17.1 Å². The highest BCUT2D eigenvalue weighted by Crippen LogP contribution is 2.38. The van der Waals surface area contributed by atoms with Crippen LogP contribution < -0.4 is 10.1 Å². The molecule has 0 saturated heterocycles. The first kappa shape index (κ1) is 15.1. The number of carbonyl (C=O) groups excluding carboxylic acids is 1. The van der Waals surface area contributed by atoms with Crippen LogP contribution in [0.1, 0.15) is 18.5 Å². The molecule has 0 radical (unpaired) electrons. The van der Waals surface area contributed by atoms with Crippen molar-refractivity contribution in [3.05, 3.63) is 22.7 Å². The molecule has 1 aromatic rings. The molecule has 0 bridgehead atoms. The Kier molecular flexibility index (Phi) is 4.04. The summed E-state index contributed by atoms with van der Waals surface area (Å²) in [6.45, 7) is 1.47. The third kappa shape index (κ3) is 2.78. The smallest absolute Gasteiger partial charge is 0.341 e. The quantitative estimate of drug-likeness (QED) is 0.791. The number of aliphatic imine (C=N–C) groups is 1. The monoisotopic (exact) mass is 312 g/mol. The third-order valence-electron chi connectivity index (χ3n) is 3.24. The van der Waals surface area contributed by atoms with Crippen molar-refractivity contribution < 1.29 is 24.5 Å². The molecule has 2 atom stereocenters. The Morgan fingerprint density at radius 1 is 1.48 bits per heavy atom. The number of ether oxygens (including phenoxy) is 1. The number of carboxylic acids is 1. The topological polar surface area (TPSA) is 108 Å². The third-order valence-corrected chi connectivity index (χ3v) is 3.57. The second kappa shape index (κ2) is 5.61. The van der Waals surface area contributed by atoms with Crippen molar-refractivity contribution in [1.82, 2.24) is 5.32 Å². The van der Waals surface area contributed by atoms with Gasteiger partial charge in [0.05, 0.1) is 13.2 Å². The lowest BCUT2D eigenvalue weighted by Gasteiger charge is -2.29. The Morgan fingerprint density at radius 2 is 2.14 bits per heavy atom. The minimum atomic E-state index is -1.13. The Balaban J connectivity index is 2.56. The highest BCUT2D eigenvalue weighted by atomic mass is 35.5. The van der Waals surface area contributed by atoms with Crippen molar-refractivity contribution in [2.75, 3.05) is 7.11 Å². The maximum absolute atomic E-state index is 11.5. The van der Waals surface area contributed by atoms with Gasteiger partial charge >= 0.3 is 12.0 Å². The summed E-state index contributed by atoms with van der Waals surface area (Å²) in [6.07, 6.45) is 0. The van der Waals surface area contributed by atoms with E-state index in [2.05, 4.69) is 10.3 Å². The van der Waals surface area contributed by atoms with Gasteiger partial charge in [0.15, 0.2) is 11.5 Å². The number of amides is 2. The van der Waals surface area contributed by atoms with Gasteiger partial charge in [-0.05, 0) is 18.6 Å². The van der Waals surface area contributed by atoms with E-state index in [0.717, 1.165) is 0 Å². The Labute approximate surface area is 125 Å². The molecule has 3 N–H and O–H groups in total. The fraction of sp³-hybridized carbons (Fsp3) is 0.308. The molecule has 2 amide bonds. The summed E-state index contributed by atoms with van der Waals surface area (Å²) in [5.74, 6) is -2.22. The summed E-state index contributed by atoms with van der Waals surface area (Å²) < 4.78 is 4.98. The zero-order valence-corrected chi connectivity index (χ0v) is 12.0. The summed E-state index contributed by atoms with van der Waals surface area (Å²) in [6, 6.07) is 1.10. The van der Waals surface area contributed by atoms with E-state index in [1.165, 1.54) is 26.2 Å². The van der Waals surface area contributed by atoms with E-state index in [-0.39, 0.29) is 22.2 Å². The van der Waals surface area contributed by atoms with Crippen molar-refractivity contribution >= 4 is 29.3 Å². The van der Waals surface area contributed by atoms with Crippen molar-refractivity contribution in [1.29, 1.82) is 0 Å². The van der Waals surface area contributed by atoms with E-state index in [1.807, 2.05) is 0 Å². The minimum Gasteiger partial charge on any atom is -0.504 e. The van der Waals surface area contributed by atoms with Crippen LogP contribution in [0.4, 0.5) is 4.79 Å². The number of phenols is 1. The first-order valence-corrected chi connectivity index (χ1v) is 6.37. The van der Waals surface area contributed by atoms with Gasteiger partial charge in [-0.25, -0.2) is 9.79 Å². The van der Waals surface area contributed by atoms with Gasteiger partial charge in [0.2, 0.25) is 0 Å². The van der Waals surface area contributed by atoms with E-state index >= 15 is 0 Å². The number of benzene rings is 1. The molecule has 0 spiro atoms. The predicted octanol–water partition coefficient (Wildman–Crippen LogP) is 1.98. The number of aliphatic carboxylic acids is 1. The first-order chi connectivity index (χ1) is 9.85. The first-order valence-electron chi connectivity index (χ1n) is 6.00. The second-order valence-electron chi connectivity index (χ2n) is 4.54. The molecule has 21 heavy (non-hydrogen) atoms. The van der Waals surface area contributed by atoms with Crippen LogP contribution in [0, 0.1) is 5.92 Å². The Morgan fingerprint density at radius 3 is 2.71 bits per heavy atom. The molecule has 2 unspecified atom stereocenters. The normalized spacial score (nSPS) is 21.5. The molecule has 2 rings (SSSR count). The second-order valence-corrected chi connectivity index (χ2v) is 4.95. The Bertz CT molecular complexity index is 644. The molecule has 0 saturated carbocycles. The summed E-state index contributed by atoms with van der Waals surface area (Å²) in [4.78, 5) is 26.6. The van der Waals surface area contributed by atoms with Gasteiger partial charge in [0.25, 0.3) is 0 Å². The fourth-order valence-electron chi connectivity index (χ4n) is 2.26. The fourth-order valence-corrected chi connectivity index (χ4v) is 2.53. The van der Waals surface area contributed by atoms with Gasteiger partial charge in [-0.2, -0.15) is 0 Å². The van der Waals surface area contributed by atoms with Gasteiger partial charge in [0.1, 0.15) is 5.92 Å². The predicted molar refractivity (Wildman–Crippen MR) is 75.2 cm³/mol. The lowest BCUT2D eigenvalue weighted by atomic mass is 9.88. The van der Waals surface area contributed by atoms with Gasteiger partial charge in [-0.15, -0.1) is 0 Å². The lowest BCUT2D eigenvalue weighted by molar-refractivity contribution is -0.140. The molecule has 7 nitrogen and oxygen atoms in total. The maximum atomic E-state index is 11.5. The van der Waals surface area contributed by atoms with E-state index in [4.69, 9.17) is 16.3 Å². The largest absolute Gasteiger partial charge is 0.504 e. The minimum absolute atomic E-state index is 0.125. The van der Waals surface area contributed by atoms with Crippen molar-refractivity contribution in [3.8, 4) is 11.5 Å². The highest BCUT2D eigenvalue weighted by Gasteiger charge is 2.38. The highest BCUT2D eigenvalue weighted by molar-refractivity contribution is 6.31. The van der Waals surface area contributed by atoms with Crippen molar-refractivity contribution in [3.63, 3.8) is 0 Å². The number of hydrogen-bond acceptors (Lipinski definition) is 4. The molecular weight excluding hydrogens is 300 g/mol. The number of phenolic OH excluding ortho intramolecular Hbond substituents is 1. The number of nitrogens with one attached hydrogen (secondary N) is 1. The number of nitrogens with zero attached hydrogens (tertiary/aromatic N) is 1. The SMILES string of the molecule is COc1cc(C2NC(=O)N=C(C)C2C(=O)O)c(Cl)cc1O. The van der Waals surface area contributed by atoms with E-state index in [1.54, 1.807) is 0 Å². The van der Waals surface area contributed by atoms with E-state index in [0.29, 0.717) is 5.56 Å². The van der Waals surface area contributed by atoms with Crippen LogP contribution >= 0.6 is 11.6 Å². The average molecular weight is 313 g/mol. The van der Waals surface area contributed by atoms with Gasteiger partial charge < -0.3 is 20.3 Å². The molecule has 112 valence electrons. The number of rotatable bonds is 3. The summed E-state index contributed by atoms with van der Waals surface area (Å²) in [5, 5.41) is 21.6. The molecule has 0 aromatic heterocycles. The zero-order valence-electron chi connectivity index (χ0n) is 11.3. The number of halogens is 1. The van der Waals surface area contributed by atoms with E-state index < -0.39 is 24.0 Å². The van der Waals surface area contributed by atoms with Crippen LogP contribution in [-0.2, 0) is 4.79 Å². The molecule has 1 aliphatic rings. The van der Waals surface area contributed by atoms with Gasteiger partial charge in [-0.1, -0.05) is 11.6 Å². The van der Waals surface area contributed by atoms with Crippen molar-refractivity contribution in [2.45, 2.75) is 13.0 Å². The molecule has 8 heteroatoms. The molecule has 0 fully saturated rings. The van der Waals surface area contributed by atoms with Crippen LogP contribution in [-0.4, -0.2) is 35.0 Å². The summed E-state index contributed by atoms with van der Waals surface area (Å²) in [7, 11) is 1.35. The number of aromatic hydroxyl groups is 1. The lowest BCUT2D eigenvalue weighted by Crippen LogP contribution is -2.43. The molecular formula is C13H13ClN2O5. The zero-order chi connectivity index (χ0) is 15.7. The number of hydrogen-bond donors (Lipinski definition) is 3.